The molecular weight excluding hydrogens is 339 g/mol. The number of carbonyl (C=O) groups excluding carboxylic acids is 2. The second-order valence-corrected chi connectivity index (χ2v) is 5.33. The lowest BCUT2D eigenvalue weighted by Gasteiger charge is -2.08. The number of rotatable bonds is 3. The monoisotopic (exact) mass is 350 g/mol. The largest absolute Gasteiger partial charge is 0.366 e. The Labute approximate surface area is 129 Å². The average molecular weight is 351 g/mol. The van der Waals surface area contributed by atoms with Crippen molar-refractivity contribution in [2.45, 2.75) is 6.92 Å². The number of anilines is 1. The lowest BCUT2D eigenvalue weighted by Crippen LogP contribution is -2.16. The molecule has 2 rings (SSSR count). The molecule has 0 unspecified atom stereocenters. The minimum Gasteiger partial charge on any atom is -0.366 e. The van der Waals surface area contributed by atoms with Crippen LogP contribution in [0.1, 0.15) is 26.3 Å². The maximum atomic E-state index is 13.4. The van der Waals surface area contributed by atoms with E-state index in [1.54, 1.807) is 18.2 Å². The molecule has 2 aromatic rings. The second kappa shape index (κ2) is 6.05. The Morgan fingerprint density at radius 3 is 2.52 bits per heavy atom. The highest BCUT2D eigenvalue weighted by Gasteiger charge is 2.12. The first kappa shape index (κ1) is 15.2. The van der Waals surface area contributed by atoms with Gasteiger partial charge in [-0.3, -0.25) is 9.59 Å². The molecule has 21 heavy (non-hydrogen) atoms. The van der Waals surface area contributed by atoms with Gasteiger partial charge in [0.05, 0.1) is 5.56 Å². The Balaban J connectivity index is 2.25. The Hall–Kier alpha value is -2.21. The summed E-state index contributed by atoms with van der Waals surface area (Å²) in [6, 6.07) is 8.82. The molecule has 0 radical (unpaired) electrons. The average Bonchev–Trinajstić information content (AvgIpc) is 2.43. The molecule has 0 aromatic heterocycles. The van der Waals surface area contributed by atoms with E-state index in [2.05, 4.69) is 21.2 Å². The van der Waals surface area contributed by atoms with Crippen LogP contribution in [0.5, 0.6) is 0 Å². The predicted molar refractivity (Wildman–Crippen MR) is 81.8 cm³/mol. The first-order chi connectivity index (χ1) is 9.88. The van der Waals surface area contributed by atoms with Crippen LogP contribution in [-0.4, -0.2) is 11.8 Å². The lowest BCUT2D eigenvalue weighted by molar-refractivity contribution is 0.0992. The first-order valence-corrected chi connectivity index (χ1v) is 6.84. The minimum atomic E-state index is -0.887. The van der Waals surface area contributed by atoms with Crippen LogP contribution < -0.4 is 11.1 Å². The van der Waals surface area contributed by atoms with E-state index in [1.165, 1.54) is 12.1 Å². The van der Waals surface area contributed by atoms with Crippen LogP contribution in [0.3, 0.4) is 0 Å². The summed E-state index contributed by atoms with van der Waals surface area (Å²) in [6.45, 7) is 1.91. The normalized spacial score (nSPS) is 10.2. The molecule has 0 saturated carbocycles. The zero-order valence-corrected chi connectivity index (χ0v) is 12.7. The number of halogens is 2. The summed E-state index contributed by atoms with van der Waals surface area (Å²) in [7, 11) is 0. The molecule has 3 N–H and O–H groups in total. The SMILES string of the molecule is Cc1ccc(C(=O)Nc2ccc(F)c(C(N)=O)c2)cc1Br. The number of nitrogens with one attached hydrogen (secondary N) is 1. The summed E-state index contributed by atoms with van der Waals surface area (Å²) in [5, 5.41) is 2.59. The van der Waals surface area contributed by atoms with Crippen molar-refractivity contribution in [2.75, 3.05) is 5.32 Å². The fraction of sp³-hybridized carbons (Fsp3) is 0.0667. The van der Waals surface area contributed by atoms with Crippen LogP contribution in [-0.2, 0) is 0 Å². The van der Waals surface area contributed by atoms with Crippen molar-refractivity contribution < 1.29 is 14.0 Å². The van der Waals surface area contributed by atoms with Crippen molar-refractivity contribution in [3.05, 3.63) is 63.4 Å². The summed E-state index contributed by atoms with van der Waals surface area (Å²) in [6.07, 6.45) is 0. The molecule has 4 nitrogen and oxygen atoms in total. The van der Waals surface area contributed by atoms with Crippen LogP contribution in [0.15, 0.2) is 40.9 Å². The molecule has 6 heteroatoms. The molecule has 2 amide bonds. The molecule has 0 fully saturated rings. The van der Waals surface area contributed by atoms with Gasteiger partial charge >= 0.3 is 0 Å². The van der Waals surface area contributed by atoms with Gasteiger partial charge < -0.3 is 11.1 Å². The van der Waals surface area contributed by atoms with Crippen molar-refractivity contribution in [1.29, 1.82) is 0 Å². The van der Waals surface area contributed by atoms with Crippen molar-refractivity contribution >= 4 is 33.4 Å². The number of benzene rings is 2. The smallest absolute Gasteiger partial charge is 0.255 e. The summed E-state index contributed by atoms with van der Waals surface area (Å²) in [4.78, 5) is 23.2. The van der Waals surface area contributed by atoms with Gasteiger partial charge in [-0.25, -0.2) is 4.39 Å². The van der Waals surface area contributed by atoms with E-state index in [4.69, 9.17) is 5.73 Å². The number of hydrogen-bond donors (Lipinski definition) is 2. The van der Waals surface area contributed by atoms with E-state index in [0.29, 0.717) is 11.3 Å². The highest BCUT2D eigenvalue weighted by molar-refractivity contribution is 9.10. The summed E-state index contributed by atoms with van der Waals surface area (Å²) in [5.74, 6) is -1.97. The Kier molecular flexibility index (Phi) is 4.37. The van der Waals surface area contributed by atoms with E-state index in [1.807, 2.05) is 6.92 Å². The van der Waals surface area contributed by atoms with Crippen molar-refractivity contribution in [3.8, 4) is 0 Å². The molecule has 0 heterocycles. The third-order valence-corrected chi connectivity index (χ3v) is 3.78. The fourth-order valence-corrected chi connectivity index (χ4v) is 2.11. The van der Waals surface area contributed by atoms with E-state index in [0.717, 1.165) is 16.1 Å². The predicted octanol–water partition coefficient (Wildman–Crippen LogP) is 3.25. The van der Waals surface area contributed by atoms with Crippen LogP contribution in [0.2, 0.25) is 0 Å². The van der Waals surface area contributed by atoms with E-state index < -0.39 is 11.7 Å². The van der Waals surface area contributed by atoms with Gasteiger partial charge in [0.1, 0.15) is 5.82 Å². The number of nitrogens with two attached hydrogens (primary N) is 1. The molecule has 108 valence electrons. The quantitative estimate of drug-likeness (QED) is 0.891. The van der Waals surface area contributed by atoms with E-state index in [9.17, 15) is 14.0 Å². The maximum absolute atomic E-state index is 13.4. The molecule has 0 aliphatic rings. The van der Waals surface area contributed by atoms with Crippen LogP contribution in [0, 0.1) is 12.7 Å². The second-order valence-electron chi connectivity index (χ2n) is 4.48. The van der Waals surface area contributed by atoms with Gasteiger partial charge in [0, 0.05) is 15.7 Å². The summed E-state index contributed by atoms with van der Waals surface area (Å²) < 4.78 is 14.2. The van der Waals surface area contributed by atoms with Crippen molar-refractivity contribution in [3.63, 3.8) is 0 Å². The molecule has 0 aliphatic heterocycles. The first-order valence-electron chi connectivity index (χ1n) is 6.05. The highest BCUT2D eigenvalue weighted by atomic mass is 79.9. The van der Waals surface area contributed by atoms with E-state index in [-0.39, 0.29) is 11.5 Å². The minimum absolute atomic E-state index is 0.266. The van der Waals surface area contributed by atoms with E-state index >= 15 is 0 Å². The fourth-order valence-electron chi connectivity index (χ4n) is 1.73. The van der Waals surface area contributed by atoms with Gasteiger partial charge in [-0.15, -0.1) is 0 Å². The summed E-state index contributed by atoms with van der Waals surface area (Å²) in [5.41, 5.74) is 6.54. The topological polar surface area (TPSA) is 72.2 Å². The molecule has 2 aromatic carbocycles. The van der Waals surface area contributed by atoms with Crippen molar-refractivity contribution in [2.24, 2.45) is 5.73 Å². The zero-order valence-electron chi connectivity index (χ0n) is 11.1. The number of carbonyl (C=O) groups is 2. The molecule has 0 saturated heterocycles. The molecular formula is C15H12BrFN2O2. The van der Waals surface area contributed by atoms with Gasteiger partial charge in [0.2, 0.25) is 0 Å². The Bertz CT molecular complexity index is 732. The number of hydrogen-bond acceptors (Lipinski definition) is 2. The van der Waals surface area contributed by atoms with Crippen LogP contribution in [0.25, 0.3) is 0 Å². The molecule has 0 atom stereocenters. The van der Waals surface area contributed by atoms with Gasteiger partial charge in [-0.1, -0.05) is 22.0 Å². The molecule has 0 aliphatic carbocycles. The third kappa shape index (κ3) is 3.46. The van der Waals surface area contributed by atoms with Gasteiger partial charge in [-0.2, -0.15) is 0 Å². The highest BCUT2D eigenvalue weighted by Crippen LogP contribution is 2.19. The maximum Gasteiger partial charge on any atom is 0.255 e. The van der Waals surface area contributed by atoms with Crippen LogP contribution in [0.4, 0.5) is 10.1 Å². The van der Waals surface area contributed by atoms with Gasteiger partial charge in [0.15, 0.2) is 0 Å². The number of aryl methyl sites for hydroxylation is 1. The third-order valence-electron chi connectivity index (χ3n) is 2.92. The number of primary amides is 1. The number of amides is 2. The Morgan fingerprint density at radius 2 is 1.90 bits per heavy atom. The molecule has 0 spiro atoms. The van der Waals surface area contributed by atoms with Crippen LogP contribution >= 0.6 is 15.9 Å². The van der Waals surface area contributed by atoms with Gasteiger partial charge in [0.25, 0.3) is 11.8 Å². The zero-order chi connectivity index (χ0) is 15.6. The Morgan fingerprint density at radius 1 is 1.19 bits per heavy atom. The molecule has 0 bridgehead atoms. The van der Waals surface area contributed by atoms with Crippen molar-refractivity contribution in [1.82, 2.24) is 0 Å². The summed E-state index contributed by atoms with van der Waals surface area (Å²) >= 11 is 3.35. The van der Waals surface area contributed by atoms with Gasteiger partial charge in [-0.05, 0) is 42.8 Å². The lowest BCUT2D eigenvalue weighted by atomic mass is 10.1. The standard InChI is InChI=1S/C15H12BrFN2O2/c1-8-2-3-9(6-12(8)16)15(21)19-10-4-5-13(17)11(7-10)14(18)20/h2-7H,1H3,(H2,18,20)(H,19,21).